The molecule has 0 atom stereocenters. The first-order valence-corrected chi connectivity index (χ1v) is 9.84. The molecule has 0 radical (unpaired) electrons. The first-order chi connectivity index (χ1) is 11.8. The quantitative estimate of drug-likeness (QED) is 0.517. The van der Waals surface area contributed by atoms with E-state index in [1.54, 1.807) is 36.4 Å². The highest BCUT2D eigenvalue weighted by Gasteiger charge is 2.19. The highest BCUT2D eigenvalue weighted by molar-refractivity contribution is 7.87. The second kappa shape index (κ2) is 7.75. The highest BCUT2D eigenvalue weighted by Crippen LogP contribution is 2.17. The third-order valence-electron chi connectivity index (χ3n) is 3.22. The lowest BCUT2D eigenvalue weighted by molar-refractivity contribution is 0.132. The smallest absolute Gasteiger partial charge is 0.236 e. The van der Waals surface area contributed by atoms with Crippen LogP contribution in [0.25, 0.3) is 12.2 Å². The van der Waals surface area contributed by atoms with Crippen LogP contribution in [0.1, 0.15) is 11.1 Å². The summed E-state index contributed by atoms with van der Waals surface area (Å²) < 4.78 is 57.3. The van der Waals surface area contributed by atoms with Gasteiger partial charge in [0.1, 0.15) is 0 Å². The van der Waals surface area contributed by atoms with Gasteiger partial charge < -0.3 is 0 Å². The molecule has 0 spiro atoms. The van der Waals surface area contributed by atoms with E-state index in [4.69, 9.17) is 0 Å². The minimum Gasteiger partial charge on any atom is -0.236 e. The Morgan fingerprint density at radius 3 is 1.28 bits per heavy atom. The van der Waals surface area contributed by atoms with E-state index in [0.717, 1.165) is 11.1 Å². The van der Waals surface area contributed by atoms with Gasteiger partial charge in [-0.25, -0.2) is 8.37 Å². The Morgan fingerprint density at radius 1 is 0.680 bits per heavy atom. The Kier molecular flexibility index (Phi) is 5.91. The molecule has 2 aromatic rings. The van der Waals surface area contributed by atoms with Crippen molar-refractivity contribution in [3.05, 3.63) is 72.8 Å². The van der Waals surface area contributed by atoms with Gasteiger partial charge in [0.2, 0.25) is 0 Å². The molecule has 0 aliphatic carbocycles. The number of benzene rings is 2. The molecule has 0 aliphatic heterocycles. The van der Waals surface area contributed by atoms with Crippen molar-refractivity contribution >= 4 is 32.4 Å². The van der Waals surface area contributed by atoms with Crippen LogP contribution >= 0.6 is 0 Å². The molecule has 0 heterocycles. The molecule has 0 N–H and O–H groups in total. The van der Waals surface area contributed by atoms with E-state index in [-0.39, 0.29) is 9.79 Å². The first kappa shape index (κ1) is 19.1. The van der Waals surface area contributed by atoms with E-state index in [1.807, 2.05) is 0 Å². The van der Waals surface area contributed by atoms with Gasteiger partial charge in [0.05, 0.1) is 9.79 Å². The van der Waals surface area contributed by atoms with Crippen LogP contribution in [0.5, 0.6) is 0 Å². The Hall–Kier alpha value is -2.26. The molecule has 0 amide bonds. The Bertz CT molecular complexity index is 875. The SMILES string of the molecule is C=Cc1ccc(S(=O)(=O)OCOS(=O)(=O)c2ccc(C=C)cc2)cc1. The van der Waals surface area contributed by atoms with Gasteiger partial charge in [-0.15, -0.1) is 0 Å². The monoisotopic (exact) mass is 380 g/mol. The largest absolute Gasteiger partial charge is 0.299 e. The van der Waals surface area contributed by atoms with E-state index in [2.05, 4.69) is 21.5 Å². The van der Waals surface area contributed by atoms with Crippen LogP contribution < -0.4 is 0 Å². The molecule has 0 bridgehead atoms. The van der Waals surface area contributed by atoms with E-state index in [1.165, 1.54) is 24.3 Å². The third kappa shape index (κ3) is 4.86. The van der Waals surface area contributed by atoms with Gasteiger partial charge in [-0.1, -0.05) is 49.6 Å². The Balaban J connectivity index is 2.04. The van der Waals surface area contributed by atoms with Gasteiger partial charge in [0, 0.05) is 0 Å². The molecular formula is C17H16O6S2. The minimum absolute atomic E-state index is 0.116. The predicted molar refractivity (Wildman–Crippen MR) is 94.5 cm³/mol. The van der Waals surface area contributed by atoms with Gasteiger partial charge >= 0.3 is 0 Å². The fourth-order valence-corrected chi connectivity index (χ4v) is 3.45. The molecule has 2 aromatic carbocycles. The molecule has 6 nitrogen and oxygen atoms in total. The van der Waals surface area contributed by atoms with Crippen molar-refractivity contribution in [2.75, 3.05) is 6.79 Å². The topological polar surface area (TPSA) is 86.7 Å². The molecule has 8 heteroatoms. The zero-order chi connectivity index (χ0) is 18.5. The summed E-state index contributed by atoms with van der Waals surface area (Å²) in [6.45, 7) is 6.17. The van der Waals surface area contributed by atoms with Crippen molar-refractivity contribution in [2.24, 2.45) is 0 Å². The highest BCUT2D eigenvalue weighted by atomic mass is 32.2. The lowest BCUT2D eigenvalue weighted by Crippen LogP contribution is -2.14. The van der Waals surface area contributed by atoms with Crippen LogP contribution in [0, 0.1) is 0 Å². The third-order valence-corrected chi connectivity index (χ3v) is 5.73. The average Bonchev–Trinajstić information content (AvgIpc) is 2.61. The van der Waals surface area contributed by atoms with Gasteiger partial charge in [-0.05, 0) is 35.4 Å². The molecule has 25 heavy (non-hydrogen) atoms. The summed E-state index contributed by atoms with van der Waals surface area (Å²) in [4.78, 5) is -0.233. The zero-order valence-electron chi connectivity index (χ0n) is 13.2. The molecule has 0 saturated carbocycles. The minimum atomic E-state index is -4.14. The summed E-state index contributed by atoms with van der Waals surface area (Å²) >= 11 is 0. The van der Waals surface area contributed by atoms with Crippen LogP contribution in [0.2, 0.25) is 0 Å². The van der Waals surface area contributed by atoms with Gasteiger partial charge in [-0.2, -0.15) is 16.8 Å². The van der Waals surface area contributed by atoms with Gasteiger partial charge in [0.15, 0.2) is 6.79 Å². The molecule has 132 valence electrons. The molecule has 2 rings (SSSR count). The molecule has 0 unspecified atom stereocenters. The summed E-state index contributed by atoms with van der Waals surface area (Å²) in [6, 6.07) is 11.5. The number of hydrogen-bond donors (Lipinski definition) is 0. The van der Waals surface area contributed by atoms with Crippen LogP contribution in [0.15, 0.2) is 71.5 Å². The lowest BCUT2D eigenvalue weighted by Gasteiger charge is -2.08. The fraction of sp³-hybridized carbons (Fsp3) is 0.0588. The van der Waals surface area contributed by atoms with Crippen molar-refractivity contribution in [1.82, 2.24) is 0 Å². The van der Waals surface area contributed by atoms with E-state index < -0.39 is 27.0 Å². The lowest BCUT2D eigenvalue weighted by atomic mass is 10.2. The van der Waals surface area contributed by atoms with Crippen molar-refractivity contribution in [3.8, 4) is 0 Å². The van der Waals surface area contributed by atoms with Crippen LogP contribution in [0.3, 0.4) is 0 Å². The maximum absolute atomic E-state index is 12.0. The average molecular weight is 380 g/mol. The second-order valence-electron chi connectivity index (χ2n) is 4.81. The summed E-state index contributed by atoms with van der Waals surface area (Å²) in [6.07, 6.45) is 3.12. The summed E-state index contributed by atoms with van der Waals surface area (Å²) in [5.74, 6) is 0. The Morgan fingerprint density at radius 2 is 1.00 bits per heavy atom. The maximum Gasteiger partial charge on any atom is 0.299 e. The van der Waals surface area contributed by atoms with Crippen molar-refractivity contribution in [3.63, 3.8) is 0 Å². The summed E-state index contributed by atoms with van der Waals surface area (Å²) in [7, 11) is -8.28. The van der Waals surface area contributed by atoms with E-state index in [9.17, 15) is 16.8 Å². The van der Waals surface area contributed by atoms with Crippen LogP contribution in [-0.2, 0) is 28.6 Å². The predicted octanol–water partition coefficient (Wildman–Crippen LogP) is 3.04. The van der Waals surface area contributed by atoms with Crippen LogP contribution in [0.4, 0.5) is 0 Å². The zero-order valence-corrected chi connectivity index (χ0v) is 14.8. The van der Waals surface area contributed by atoms with Gasteiger partial charge in [0.25, 0.3) is 20.2 Å². The van der Waals surface area contributed by atoms with E-state index >= 15 is 0 Å². The summed E-state index contributed by atoms with van der Waals surface area (Å²) in [5, 5.41) is 0. The van der Waals surface area contributed by atoms with Crippen molar-refractivity contribution < 1.29 is 25.2 Å². The van der Waals surface area contributed by atoms with E-state index in [0.29, 0.717) is 0 Å². The maximum atomic E-state index is 12.0. The first-order valence-electron chi connectivity index (χ1n) is 7.02. The van der Waals surface area contributed by atoms with Crippen LogP contribution in [-0.4, -0.2) is 23.6 Å². The normalized spacial score (nSPS) is 11.8. The number of rotatable bonds is 8. The fourth-order valence-electron chi connectivity index (χ4n) is 1.82. The molecule has 0 saturated heterocycles. The second-order valence-corrected chi connectivity index (χ2v) is 8.04. The van der Waals surface area contributed by atoms with Crippen molar-refractivity contribution in [2.45, 2.75) is 9.79 Å². The molecule has 0 fully saturated rings. The molecule has 0 aromatic heterocycles. The Labute approximate surface area is 147 Å². The van der Waals surface area contributed by atoms with Crippen molar-refractivity contribution in [1.29, 1.82) is 0 Å². The summed E-state index contributed by atoms with van der Waals surface area (Å²) in [5.41, 5.74) is 1.47. The molecule has 0 aliphatic rings. The standard InChI is InChI=1S/C17H16O6S2/c1-3-14-5-9-16(10-6-14)24(18,19)22-13-23-25(20,21)17-11-7-15(4-2)8-12-17/h3-12H,1-2,13H2. The molecular weight excluding hydrogens is 364 g/mol. The van der Waals surface area contributed by atoms with Gasteiger partial charge in [-0.3, -0.25) is 0 Å². The number of hydrogen-bond acceptors (Lipinski definition) is 6.